The highest BCUT2D eigenvalue weighted by Crippen LogP contribution is 2.20. The van der Waals surface area contributed by atoms with Crippen LogP contribution in [0, 0.1) is 0 Å². The van der Waals surface area contributed by atoms with Crippen molar-refractivity contribution in [3.63, 3.8) is 0 Å². The summed E-state index contributed by atoms with van der Waals surface area (Å²) >= 11 is 0. The molecular formula is C28H22N2O3. The van der Waals surface area contributed by atoms with Crippen molar-refractivity contribution < 1.29 is 15.3 Å². The van der Waals surface area contributed by atoms with Crippen molar-refractivity contribution in [1.29, 1.82) is 0 Å². The average Bonchev–Trinajstić information content (AvgIpc) is 2.83. The maximum atomic E-state index is 9.47. The minimum Gasteiger partial charge on any atom is -0.508 e. The Labute approximate surface area is 192 Å². The fourth-order valence-electron chi connectivity index (χ4n) is 3.10. The van der Waals surface area contributed by atoms with Crippen molar-refractivity contribution in [1.82, 2.24) is 0 Å². The summed E-state index contributed by atoms with van der Waals surface area (Å²) < 4.78 is 0. The molecule has 0 spiro atoms. The number of aliphatic imine (C=N–C) groups is 2. The van der Waals surface area contributed by atoms with Crippen molar-refractivity contribution in [2.24, 2.45) is 9.98 Å². The average molecular weight is 434 g/mol. The number of hydrogen-bond donors (Lipinski definition) is 3. The largest absolute Gasteiger partial charge is 0.508 e. The molecule has 4 rings (SSSR count). The molecule has 4 aromatic carbocycles. The summed E-state index contributed by atoms with van der Waals surface area (Å²) in [5.41, 5.74) is 5.18. The SMILES string of the molecule is Oc1ccc(/C=C/c2cc(C=Nc3ccc(O)cc3)cc(C=Nc3ccc(O)cc3)c2)cc1. The van der Waals surface area contributed by atoms with E-state index in [9.17, 15) is 15.3 Å². The summed E-state index contributed by atoms with van der Waals surface area (Å²) in [5.74, 6) is 0.624. The zero-order chi connectivity index (χ0) is 23.0. The summed E-state index contributed by atoms with van der Waals surface area (Å²) in [6.07, 6.45) is 7.49. The van der Waals surface area contributed by atoms with E-state index in [-0.39, 0.29) is 17.2 Å². The molecule has 0 radical (unpaired) electrons. The lowest BCUT2D eigenvalue weighted by Gasteiger charge is -2.03. The van der Waals surface area contributed by atoms with Gasteiger partial charge < -0.3 is 15.3 Å². The van der Waals surface area contributed by atoms with Crippen molar-refractivity contribution >= 4 is 36.0 Å². The number of benzene rings is 4. The van der Waals surface area contributed by atoms with Gasteiger partial charge >= 0.3 is 0 Å². The molecule has 0 heterocycles. The Balaban J connectivity index is 1.64. The fraction of sp³-hybridized carbons (Fsp3) is 0. The molecule has 4 aromatic rings. The van der Waals surface area contributed by atoms with Crippen LogP contribution < -0.4 is 0 Å². The molecule has 5 heteroatoms. The topological polar surface area (TPSA) is 85.4 Å². The highest BCUT2D eigenvalue weighted by atomic mass is 16.3. The molecule has 0 unspecified atom stereocenters. The number of nitrogens with zero attached hydrogens (tertiary/aromatic N) is 2. The zero-order valence-corrected chi connectivity index (χ0v) is 17.7. The predicted octanol–water partition coefficient (Wildman–Crippen LogP) is 6.48. The van der Waals surface area contributed by atoms with Crippen LogP contribution in [-0.4, -0.2) is 27.7 Å². The smallest absolute Gasteiger partial charge is 0.115 e. The predicted molar refractivity (Wildman–Crippen MR) is 134 cm³/mol. The molecule has 162 valence electrons. The van der Waals surface area contributed by atoms with Gasteiger partial charge in [0, 0.05) is 12.4 Å². The Morgan fingerprint density at radius 3 is 1.24 bits per heavy atom. The number of phenols is 3. The van der Waals surface area contributed by atoms with Crippen LogP contribution in [0.15, 0.2) is 101 Å². The lowest BCUT2D eigenvalue weighted by molar-refractivity contribution is 0.475. The van der Waals surface area contributed by atoms with E-state index in [4.69, 9.17) is 0 Å². The highest BCUT2D eigenvalue weighted by molar-refractivity contribution is 5.90. The zero-order valence-electron chi connectivity index (χ0n) is 17.7. The van der Waals surface area contributed by atoms with Gasteiger partial charge in [0.25, 0.3) is 0 Å². The number of aromatic hydroxyl groups is 3. The van der Waals surface area contributed by atoms with Gasteiger partial charge in [-0.05, 0) is 101 Å². The summed E-state index contributed by atoms with van der Waals surface area (Å²) in [5, 5.41) is 28.4. The minimum atomic E-state index is 0.197. The summed E-state index contributed by atoms with van der Waals surface area (Å²) in [4.78, 5) is 8.99. The molecule has 0 saturated heterocycles. The van der Waals surface area contributed by atoms with Gasteiger partial charge in [0.15, 0.2) is 0 Å². The third kappa shape index (κ3) is 6.42. The Hall–Kier alpha value is -4.64. The second-order valence-electron chi connectivity index (χ2n) is 7.41. The maximum Gasteiger partial charge on any atom is 0.115 e. The molecule has 0 amide bonds. The first-order valence-corrected chi connectivity index (χ1v) is 10.3. The van der Waals surface area contributed by atoms with Crippen molar-refractivity contribution in [2.75, 3.05) is 0 Å². The Morgan fingerprint density at radius 1 is 0.424 bits per heavy atom. The normalized spacial score (nSPS) is 11.6. The Kier molecular flexibility index (Phi) is 6.61. The van der Waals surface area contributed by atoms with E-state index in [1.807, 2.05) is 42.5 Å². The molecule has 0 aromatic heterocycles. The number of rotatable bonds is 6. The lowest BCUT2D eigenvalue weighted by atomic mass is 10.0. The van der Waals surface area contributed by atoms with Gasteiger partial charge in [-0.2, -0.15) is 0 Å². The van der Waals surface area contributed by atoms with Gasteiger partial charge in [0.1, 0.15) is 17.2 Å². The van der Waals surface area contributed by atoms with Gasteiger partial charge in [0.05, 0.1) is 11.4 Å². The Morgan fingerprint density at radius 2 is 0.788 bits per heavy atom. The van der Waals surface area contributed by atoms with Crippen LogP contribution in [0.3, 0.4) is 0 Å². The molecule has 0 aliphatic carbocycles. The Bertz CT molecular complexity index is 1130. The lowest BCUT2D eigenvalue weighted by Crippen LogP contribution is -1.89. The van der Waals surface area contributed by atoms with E-state index >= 15 is 0 Å². The maximum absolute atomic E-state index is 9.47. The number of hydrogen-bond acceptors (Lipinski definition) is 5. The summed E-state index contributed by atoms with van der Waals surface area (Å²) in [6.45, 7) is 0. The van der Waals surface area contributed by atoms with E-state index in [0.29, 0.717) is 0 Å². The van der Waals surface area contributed by atoms with Crippen LogP contribution in [0.4, 0.5) is 11.4 Å². The van der Waals surface area contributed by atoms with E-state index in [2.05, 4.69) is 9.98 Å². The molecular weight excluding hydrogens is 412 g/mol. The van der Waals surface area contributed by atoms with Crippen molar-refractivity contribution in [2.45, 2.75) is 0 Å². The van der Waals surface area contributed by atoms with Crippen LogP contribution in [0.1, 0.15) is 22.3 Å². The second kappa shape index (κ2) is 10.1. The van der Waals surface area contributed by atoms with E-state index in [1.54, 1.807) is 73.1 Å². The van der Waals surface area contributed by atoms with Crippen LogP contribution in [-0.2, 0) is 0 Å². The minimum absolute atomic E-state index is 0.197. The highest BCUT2D eigenvalue weighted by Gasteiger charge is 1.99. The van der Waals surface area contributed by atoms with Gasteiger partial charge in [-0.1, -0.05) is 24.3 Å². The fourth-order valence-corrected chi connectivity index (χ4v) is 3.10. The van der Waals surface area contributed by atoms with Crippen LogP contribution in [0.2, 0.25) is 0 Å². The standard InChI is InChI=1S/C28H22N2O3/c31-26-9-3-20(4-10-26)1-2-21-15-22(18-29-24-5-11-27(32)12-6-24)17-23(16-21)19-30-25-7-13-28(33)14-8-25/h1-19,31-33H/b2-1+,29-18?,30-19?. The van der Waals surface area contributed by atoms with Crippen LogP contribution >= 0.6 is 0 Å². The quantitative estimate of drug-likeness (QED) is 0.240. The first kappa shape index (κ1) is 21.6. The molecule has 0 atom stereocenters. The van der Waals surface area contributed by atoms with E-state index in [0.717, 1.165) is 33.6 Å². The third-order valence-electron chi connectivity index (χ3n) is 4.79. The van der Waals surface area contributed by atoms with Crippen LogP contribution in [0.25, 0.3) is 12.2 Å². The van der Waals surface area contributed by atoms with Gasteiger partial charge in [0.2, 0.25) is 0 Å². The molecule has 0 aliphatic heterocycles. The second-order valence-corrected chi connectivity index (χ2v) is 7.41. The van der Waals surface area contributed by atoms with Gasteiger partial charge in [-0.15, -0.1) is 0 Å². The molecule has 3 N–H and O–H groups in total. The van der Waals surface area contributed by atoms with Gasteiger partial charge in [-0.25, -0.2) is 0 Å². The first-order valence-electron chi connectivity index (χ1n) is 10.3. The van der Waals surface area contributed by atoms with Crippen molar-refractivity contribution in [3.8, 4) is 17.2 Å². The van der Waals surface area contributed by atoms with Crippen LogP contribution in [0.5, 0.6) is 17.2 Å². The molecule has 0 fully saturated rings. The molecule has 0 saturated carbocycles. The first-order chi connectivity index (χ1) is 16.0. The van der Waals surface area contributed by atoms with E-state index < -0.39 is 0 Å². The molecule has 5 nitrogen and oxygen atoms in total. The summed E-state index contributed by atoms with van der Waals surface area (Å²) in [6, 6.07) is 26.3. The summed E-state index contributed by atoms with van der Waals surface area (Å²) in [7, 11) is 0. The van der Waals surface area contributed by atoms with E-state index in [1.165, 1.54) is 0 Å². The third-order valence-corrected chi connectivity index (χ3v) is 4.79. The molecule has 0 bridgehead atoms. The van der Waals surface area contributed by atoms with Crippen molar-refractivity contribution in [3.05, 3.63) is 113 Å². The monoisotopic (exact) mass is 434 g/mol. The van der Waals surface area contributed by atoms with Gasteiger partial charge in [-0.3, -0.25) is 9.98 Å². The molecule has 0 aliphatic rings. The number of phenolic OH excluding ortho intramolecular Hbond substituents is 3. The molecule has 33 heavy (non-hydrogen) atoms.